The molecular weight excluding hydrogens is 298 g/mol. The van der Waals surface area contributed by atoms with Crippen molar-refractivity contribution in [2.24, 2.45) is 0 Å². The number of rotatable bonds is 6. The summed E-state index contributed by atoms with van der Waals surface area (Å²) in [6, 6.07) is 4.35. The van der Waals surface area contributed by atoms with Crippen LogP contribution in [0.3, 0.4) is 0 Å². The number of benzene rings is 1. The van der Waals surface area contributed by atoms with Gasteiger partial charge in [0, 0.05) is 12.2 Å². The van der Waals surface area contributed by atoms with Gasteiger partial charge in [0.05, 0.1) is 12.5 Å². The van der Waals surface area contributed by atoms with Gasteiger partial charge >= 0.3 is 12.0 Å². The number of hydrogen-bond donors (Lipinski definition) is 3. The first-order valence-corrected chi connectivity index (χ1v) is 7.32. The number of carboxylic acid groups (broad SMARTS) is 1. The zero-order chi connectivity index (χ0) is 17.6. The lowest BCUT2D eigenvalue weighted by Crippen LogP contribution is -2.47. The number of carbonyl (C=O) groups is 3. The molecule has 0 aliphatic rings. The number of nitrogens with one attached hydrogen (secondary N) is 2. The Labute approximate surface area is 135 Å². The van der Waals surface area contributed by atoms with Crippen LogP contribution in [0, 0.1) is 13.8 Å². The van der Waals surface area contributed by atoms with E-state index in [0.29, 0.717) is 5.69 Å². The average molecular weight is 321 g/mol. The summed E-state index contributed by atoms with van der Waals surface area (Å²) in [5.41, 5.74) is 2.62. The summed E-state index contributed by atoms with van der Waals surface area (Å²) in [6.07, 6.45) is -0.0666. The van der Waals surface area contributed by atoms with E-state index in [1.165, 1.54) is 0 Å². The fourth-order valence-corrected chi connectivity index (χ4v) is 1.99. The molecule has 0 heterocycles. The zero-order valence-electron chi connectivity index (χ0n) is 13.8. The molecule has 0 radical (unpaired) electrons. The molecule has 3 N–H and O–H groups in total. The Balaban J connectivity index is 2.55. The highest BCUT2D eigenvalue weighted by atomic mass is 16.4. The van der Waals surface area contributed by atoms with Crippen molar-refractivity contribution in [3.63, 3.8) is 0 Å². The standard InChI is InChI=1S/C16H23N3O4/c1-10-5-6-13(11(2)9-10)17-16(23)18-15(22)12(3)19(4)8-7-14(20)21/h5-6,9,12H,7-8H2,1-4H3,(H,20,21)(H2,17,18,22,23). The molecule has 7 heteroatoms. The topological polar surface area (TPSA) is 98.7 Å². The van der Waals surface area contributed by atoms with Gasteiger partial charge in [0.1, 0.15) is 0 Å². The minimum atomic E-state index is -0.933. The molecule has 0 saturated heterocycles. The van der Waals surface area contributed by atoms with Crippen LogP contribution in [0.15, 0.2) is 18.2 Å². The smallest absolute Gasteiger partial charge is 0.325 e. The third-order valence-electron chi connectivity index (χ3n) is 3.59. The molecule has 0 aliphatic heterocycles. The predicted octanol–water partition coefficient (Wildman–Crippen LogP) is 1.75. The lowest BCUT2D eigenvalue weighted by atomic mass is 10.1. The average Bonchev–Trinajstić information content (AvgIpc) is 2.46. The van der Waals surface area contributed by atoms with E-state index in [4.69, 9.17) is 5.11 Å². The molecule has 23 heavy (non-hydrogen) atoms. The molecule has 1 aromatic rings. The molecular formula is C16H23N3O4. The second-order valence-electron chi connectivity index (χ2n) is 5.56. The third kappa shape index (κ3) is 6.07. The van der Waals surface area contributed by atoms with E-state index in [1.807, 2.05) is 26.0 Å². The van der Waals surface area contributed by atoms with Gasteiger partial charge in [-0.05, 0) is 39.4 Å². The number of aryl methyl sites for hydroxylation is 2. The first-order valence-electron chi connectivity index (χ1n) is 7.32. The van der Waals surface area contributed by atoms with Crippen LogP contribution in [0.25, 0.3) is 0 Å². The largest absolute Gasteiger partial charge is 0.481 e. The number of carbonyl (C=O) groups excluding carboxylic acids is 2. The Morgan fingerprint density at radius 2 is 1.91 bits per heavy atom. The number of nitrogens with zero attached hydrogens (tertiary/aromatic N) is 1. The summed E-state index contributed by atoms with van der Waals surface area (Å²) in [4.78, 5) is 36.0. The van der Waals surface area contributed by atoms with Crippen molar-refractivity contribution in [3.8, 4) is 0 Å². The molecule has 0 bridgehead atoms. The van der Waals surface area contributed by atoms with E-state index in [0.717, 1.165) is 11.1 Å². The van der Waals surface area contributed by atoms with Crippen molar-refractivity contribution in [1.29, 1.82) is 0 Å². The summed E-state index contributed by atoms with van der Waals surface area (Å²) in [5, 5.41) is 13.5. The highest BCUT2D eigenvalue weighted by Gasteiger charge is 2.20. The first kappa shape index (κ1) is 18.6. The predicted molar refractivity (Wildman–Crippen MR) is 87.4 cm³/mol. The Kier molecular flexibility index (Phi) is 6.71. The van der Waals surface area contributed by atoms with Crippen LogP contribution in [-0.2, 0) is 9.59 Å². The summed E-state index contributed by atoms with van der Waals surface area (Å²) < 4.78 is 0. The lowest BCUT2D eigenvalue weighted by molar-refractivity contribution is -0.138. The number of anilines is 1. The summed E-state index contributed by atoms with van der Waals surface area (Å²) in [6.45, 7) is 5.66. The normalized spacial score (nSPS) is 11.9. The molecule has 0 aromatic heterocycles. The maximum atomic E-state index is 12.0. The quantitative estimate of drug-likeness (QED) is 0.741. The molecule has 1 rings (SSSR count). The molecule has 0 aliphatic carbocycles. The maximum Gasteiger partial charge on any atom is 0.325 e. The van der Waals surface area contributed by atoms with E-state index in [-0.39, 0.29) is 13.0 Å². The second kappa shape index (κ2) is 8.28. The van der Waals surface area contributed by atoms with Crippen LogP contribution in [0.1, 0.15) is 24.5 Å². The maximum absolute atomic E-state index is 12.0. The van der Waals surface area contributed by atoms with Gasteiger partial charge in [-0.15, -0.1) is 0 Å². The van der Waals surface area contributed by atoms with Crippen LogP contribution in [0.2, 0.25) is 0 Å². The van der Waals surface area contributed by atoms with Gasteiger partial charge < -0.3 is 10.4 Å². The molecule has 3 amide bonds. The summed E-state index contributed by atoms with van der Waals surface area (Å²) in [7, 11) is 1.63. The number of imide groups is 1. The van der Waals surface area contributed by atoms with Gasteiger partial charge in [0.2, 0.25) is 5.91 Å². The lowest BCUT2D eigenvalue weighted by Gasteiger charge is -2.22. The highest BCUT2D eigenvalue weighted by Crippen LogP contribution is 2.15. The van der Waals surface area contributed by atoms with Gasteiger partial charge in [0.25, 0.3) is 0 Å². The number of amides is 3. The number of hydrogen-bond acceptors (Lipinski definition) is 4. The van der Waals surface area contributed by atoms with Gasteiger partial charge in [0.15, 0.2) is 0 Å². The molecule has 7 nitrogen and oxygen atoms in total. The van der Waals surface area contributed by atoms with Crippen LogP contribution < -0.4 is 10.6 Å². The van der Waals surface area contributed by atoms with Crippen LogP contribution >= 0.6 is 0 Å². The fourth-order valence-electron chi connectivity index (χ4n) is 1.99. The first-order chi connectivity index (χ1) is 10.7. The Hall–Kier alpha value is -2.41. The van der Waals surface area contributed by atoms with E-state index >= 15 is 0 Å². The van der Waals surface area contributed by atoms with Crippen LogP contribution in [0.4, 0.5) is 10.5 Å². The zero-order valence-corrected chi connectivity index (χ0v) is 13.8. The SMILES string of the molecule is Cc1ccc(NC(=O)NC(=O)C(C)N(C)CCC(=O)O)c(C)c1. The van der Waals surface area contributed by atoms with E-state index in [9.17, 15) is 14.4 Å². The fraction of sp³-hybridized carbons (Fsp3) is 0.438. The number of urea groups is 1. The summed E-state index contributed by atoms with van der Waals surface area (Å²) in [5.74, 6) is -1.42. The van der Waals surface area contributed by atoms with Gasteiger partial charge in [-0.2, -0.15) is 0 Å². The molecule has 0 spiro atoms. The number of aliphatic carboxylic acids is 1. The molecule has 1 aromatic carbocycles. The van der Waals surface area contributed by atoms with Crippen LogP contribution in [0.5, 0.6) is 0 Å². The molecule has 1 atom stereocenters. The Morgan fingerprint density at radius 3 is 2.48 bits per heavy atom. The van der Waals surface area contributed by atoms with Crippen molar-refractivity contribution < 1.29 is 19.5 Å². The van der Waals surface area contributed by atoms with E-state index in [2.05, 4.69) is 10.6 Å². The monoisotopic (exact) mass is 321 g/mol. The molecule has 0 saturated carbocycles. The van der Waals surface area contributed by atoms with Gasteiger partial charge in [-0.1, -0.05) is 17.7 Å². The van der Waals surface area contributed by atoms with E-state index in [1.54, 1.807) is 24.9 Å². The van der Waals surface area contributed by atoms with Crippen molar-refractivity contribution >= 4 is 23.6 Å². The molecule has 0 fully saturated rings. The minimum Gasteiger partial charge on any atom is -0.481 e. The number of carboxylic acids is 1. The minimum absolute atomic E-state index is 0.0666. The van der Waals surface area contributed by atoms with E-state index < -0.39 is 23.9 Å². The van der Waals surface area contributed by atoms with Crippen molar-refractivity contribution in [2.75, 3.05) is 18.9 Å². The second-order valence-corrected chi connectivity index (χ2v) is 5.56. The van der Waals surface area contributed by atoms with Crippen molar-refractivity contribution in [1.82, 2.24) is 10.2 Å². The molecule has 126 valence electrons. The van der Waals surface area contributed by atoms with Crippen molar-refractivity contribution in [3.05, 3.63) is 29.3 Å². The van der Waals surface area contributed by atoms with Gasteiger partial charge in [-0.25, -0.2) is 4.79 Å². The molecule has 1 unspecified atom stereocenters. The highest BCUT2D eigenvalue weighted by molar-refractivity contribution is 6.03. The van der Waals surface area contributed by atoms with Crippen LogP contribution in [-0.4, -0.2) is 47.5 Å². The Bertz CT molecular complexity index is 601. The van der Waals surface area contributed by atoms with Gasteiger partial charge in [-0.3, -0.25) is 19.8 Å². The summed E-state index contributed by atoms with van der Waals surface area (Å²) >= 11 is 0. The Morgan fingerprint density at radius 1 is 1.26 bits per heavy atom. The van der Waals surface area contributed by atoms with Crippen molar-refractivity contribution in [2.45, 2.75) is 33.2 Å². The third-order valence-corrected chi connectivity index (χ3v) is 3.59. The number of likely N-dealkylation sites (N-methyl/N-ethyl adjacent to an activating group) is 1.